The van der Waals surface area contributed by atoms with Crippen LogP contribution in [0.3, 0.4) is 0 Å². The maximum absolute atomic E-state index is 13.0. The van der Waals surface area contributed by atoms with E-state index < -0.39 is 17.9 Å². The molecule has 3 aromatic rings. The van der Waals surface area contributed by atoms with E-state index in [0.717, 1.165) is 22.5 Å². The second-order valence-corrected chi connectivity index (χ2v) is 9.67. The molecule has 7 nitrogen and oxygen atoms in total. The number of hydrogen-bond donors (Lipinski definition) is 2. The van der Waals surface area contributed by atoms with Crippen molar-refractivity contribution >= 4 is 45.7 Å². The standard InChI is InChI=1S/C28H28ClN3O4S/c1-5-35-26(33)23-16(3)30-17(4)24(27(34)36-6-2)25(23)19-10-8-12-21(14-19)31-28-32-22(15-37-28)18-9-7-11-20(29)13-18/h7-15,25,30H,5-6H2,1-4H3,(H,31,32). The van der Waals surface area contributed by atoms with E-state index in [1.807, 2.05) is 53.9 Å². The number of esters is 2. The molecule has 0 saturated carbocycles. The molecule has 0 amide bonds. The fourth-order valence-corrected chi connectivity index (χ4v) is 5.25. The molecule has 192 valence electrons. The molecule has 0 saturated heterocycles. The zero-order chi connectivity index (χ0) is 26.5. The Morgan fingerprint density at radius 1 is 1.00 bits per heavy atom. The van der Waals surface area contributed by atoms with Crippen molar-refractivity contribution in [1.82, 2.24) is 10.3 Å². The number of nitrogens with zero attached hydrogens (tertiary/aromatic N) is 1. The molecule has 2 heterocycles. The van der Waals surface area contributed by atoms with Crippen molar-refractivity contribution in [3.05, 3.63) is 87.0 Å². The van der Waals surface area contributed by atoms with E-state index in [1.165, 1.54) is 11.3 Å². The number of thiazole rings is 1. The van der Waals surface area contributed by atoms with Crippen molar-refractivity contribution in [2.24, 2.45) is 0 Å². The molecular weight excluding hydrogens is 510 g/mol. The highest BCUT2D eigenvalue weighted by atomic mass is 35.5. The number of aromatic nitrogens is 1. The number of anilines is 2. The van der Waals surface area contributed by atoms with Gasteiger partial charge in [0.25, 0.3) is 0 Å². The van der Waals surface area contributed by atoms with Gasteiger partial charge in [-0.1, -0.05) is 35.9 Å². The number of hydrogen-bond acceptors (Lipinski definition) is 8. The van der Waals surface area contributed by atoms with E-state index in [1.54, 1.807) is 27.7 Å². The molecule has 2 N–H and O–H groups in total. The highest BCUT2D eigenvalue weighted by Gasteiger charge is 2.38. The third-order valence-electron chi connectivity index (χ3n) is 5.85. The number of nitrogens with one attached hydrogen (secondary N) is 2. The third-order valence-corrected chi connectivity index (χ3v) is 6.84. The number of benzene rings is 2. The van der Waals surface area contributed by atoms with E-state index in [-0.39, 0.29) is 13.2 Å². The van der Waals surface area contributed by atoms with Crippen molar-refractivity contribution in [2.75, 3.05) is 18.5 Å². The molecule has 0 bridgehead atoms. The number of rotatable bonds is 8. The lowest BCUT2D eigenvalue weighted by Gasteiger charge is -2.30. The van der Waals surface area contributed by atoms with Gasteiger partial charge in [0.15, 0.2) is 5.13 Å². The van der Waals surface area contributed by atoms with Crippen molar-refractivity contribution < 1.29 is 19.1 Å². The molecule has 37 heavy (non-hydrogen) atoms. The van der Waals surface area contributed by atoms with Gasteiger partial charge in [-0.05, 0) is 57.5 Å². The number of allylic oxidation sites excluding steroid dienone is 2. The van der Waals surface area contributed by atoms with Crippen LogP contribution in [0, 0.1) is 0 Å². The summed E-state index contributed by atoms with van der Waals surface area (Å²) in [6, 6.07) is 15.1. The van der Waals surface area contributed by atoms with Crippen molar-refractivity contribution in [3.8, 4) is 11.3 Å². The van der Waals surface area contributed by atoms with E-state index in [2.05, 4.69) is 10.6 Å². The predicted molar refractivity (Wildman–Crippen MR) is 147 cm³/mol. The molecule has 0 atom stereocenters. The number of carbonyl (C=O) groups is 2. The number of dihydropyridines is 1. The van der Waals surface area contributed by atoms with Crippen LogP contribution in [0.25, 0.3) is 11.3 Å². The number of ether oxygens (including phenoxy) is 2. The largest absolute Gasteiger partial charge is 0.463 e. The Morgan fingerprint density at radius 3 is 2.27 bits per heavy atom. The fourth-order valence-electron chi connectivity index (χ4n) is 4.32. The molecule has 4 rings (SSSR count). The van der Waals surface area contributed by atoms with Crippen LogP contribution in [0.4, 0.5) is 10.8 Å². The van der Waals surface area contributed by atoms with Crippen LogP contribution in [-0.2, 0) is 19.1 Å². The normalized spacial score (nSPS) is 13.9. The maximum Gasteiger partial charge on any atom is 0.336 e. The number of halogens is 1. The van der Waals surface area contributed by atoms with Crippen LogP contribution in [-0.4, -0.2) is 30.1 Å². The molecule has 0 radical (unpaired) electrons. The summed E-state index contributed by atoms with van der Waals surface area (Å²) in [6.07, 6.45) is 0. The van der Waals surface area contributed by atoms with Crippen LogP contribution < -0.4 is 10.6 Å². The number of carbonyl (C=O) groups excluding carboxylic acids is 2. The molecular formula is C28H28ClN3O4S. The Hall–Kier alpha value is -3.62. The van der Waals surface area contributed by atoms with E-state index in [0.29, 0.717) is 32.7 Å². The molecule has 1 aromatic heterocycles. The second-order valence-electron chi connectivity index (χ2n) is 8.38. The summed E-state index contributed by atoms with van der Waals surface area (Å²) < 4.78 is 10.7. The summed E-state index contributed by atoms with van der Waals surface area (Å²) in [5.74, 6) is -1.60. The van der Waals surface area contributed by atoms with Gasteiger partial charge in [0.1, 0.15) is 0 Å². The molecule has 2 aromatic carbocycles. The summed E-state index contributed by atoms with van der Waals surface area (Å²) in [4.78, 5) is 30.8. The second kappa shape index (κ2) is 11.6. The van der Waals surface area contributed by atoms with E-state index in [9.17, 15) is 9.59 Å². The maximum atomic E-state index is 13.0. The lowest BCUT2D eigenvalue weighted by atomic mass is 9.80. The van der Waals surface area contributed by atoms with Gasteiger partial charge in [-0.25, -0.2) is 14.6 Å². The first-order chi connectivity index (χ1) is 17.8. The quantitative estimate of drug-likeness (QED) is 0.314. The van der Waals surface area contributed by atoms with Gasteiger partial charge in [-0.15, -0.1) is 11.3 Å². The highest BCUT2D eigenvalue weighted by molar-refractivity contribution is 7.14. The summed E-state index contributed by atoms with van der Waals surface area (Å²) >= 11 is 7.60. The van der Waals surface area contributed by atoms with Gasteiger partial charge < -0.3 is 20.1 Å². The van der Waals surface area contributed by atoms with Crippen LogP contribution in [0.2, 0.25) is 5.02 Å². The predicted octanol–water partition coefficient (Wildman–Crippen LogP) is 6.57. The first-order valence-corrected chi connectivity index (χ1v) is 13.2. The summed E-state index contributed by atoms with van der Waals surface area (Å²) in [7, 11) is 0. The minimum Gasteiger partial charge on any atom is -0.463 e. The van der Waals surface area contributed by atoms with Crippen LogP contribution in [0.5, 0.6) is 0 Å². The lowest BCUT2D eigenvalue weighted by Crippen LogP contribution is -2.32. The molecule has 0 fully saturated rings. The Kier molecular flexibility index (Phi) is 8.31. The van der Waals surface area contributed by atoms with Crippen molar-refractivity contribution in [2.45, 2.75) is 33.6 Å². The summed E-state index contributed by atoms with van der Waals surface area (Å²) in [6.45, 7) is 7.56. The lowest BCUT2D eigenvalue weighted by molar-refractivity contribution is -0.139. The fraction of sp³-hybridized carbons (Fsp3) is 0.250. The van der Waals surface area contributed by atoms with Crippen LogP contribution in [0.15, 0.2) is 76.5 Å². The first kappa shape index (κ1) is 26.4. The Morgan fingerprint density at radius 2 is 1.65 bits per heavy atom. The van der Waals surface area contributed by atoms with Gasteiger partial charge >= 0.3 is 11.9 Å². The molecule has 9 heteroatoms. The molecule has 0 spiro atoms. The highest BCUT2D eigenvalue weighted by Crippen LogP contribution is 2.40. The smallest absolute Gasteiger partial charge is 0.336 e. The van der Waals surface area contributed by atoms with E-state index in [4.69, 9.17) is 26.1 Å². The summed E-state index contributed by atoms with van der Waals surface area (Å²) in [5, 5.41) is 9.81. The SMILES string of the molecule is CCOC(=O)C1=C(C)NC(C)=C(C(=O)OCC)C1c1cccc(Nc2nc(-c3cccc(Cl)c3)cs2)c1. The topological polar surface area (TPSA) is 89.5 Å². The molecule has 1 aliphatic heterocycles. The van der Waals surface area contributed by atoms with Gasteiger partial charge in [0.2, 0.25) is 0 Å². The van der Waals surface area contributed by atoms with Gasteiger partial charge in [-0.2, -0.15) is 0 Å². The van der Waals surface area contributed by atoms with Gasteiger partial charge in [-0.3, -0.25) is 0 Å². The Balaban J connectivity index is 1.70. The zero-order valence-electron chi connectivity index (χ0n) is 21.1. The summed E-state index contributed by atoms with van der Waals surface area (Å²) in [5.41, 5.74) is 5.30. The minimum absolute atomic E-state index is 0.223. The third kappa shape index (κ3) is 5.87. The average molecular weight is 538 g/mol. The van der Waals surface area contributed by atoms with E-state index >= 15 is 0 Å². The average Bonchev–Trinajstić information content (AvgIpc) is 3.32. The zero-order valence-corrected chi connectivity index (χ0v) is 22.6. The van der Waals surface area contributed by atoms with Crippen molar-refractivity contribution in [1.29, 1.82) is 0 Å². The minimum atomic E-state index is -0.653. The molecule has 1 aliphatic rings. The van der Waals surface area contributed by atoms with Crippen molar-refractivity contribution in [3.63, 3.8) is 0 Å². The first-order valence-electron chi connectivity index (χ1n) is 11.9. The van der Waals surface area contributed by atoms with Gasteiger partial charge in [0.05, 0.1) is 36.0 Å². The molecule has 0 unspecified atom stereocenters. The Bertz CT molecular complexity index is 1360. The van der Waals surface area contributed by atoms with Crippen LogP contribution in [0.1, 0.15) is 39.2 Å². The van der Waals surface area contributed by atoms with Crippen LogP contribution >= 0.6 is 22.9 Å². The Labute approximate surface area is 225 Å². The van der Waals surface area contributed by atoms with Gasteiger partial charge in [0, 0.05) is 33.0 Å². The monoisotopic (exact) mass is 537 g/mol. The molecule has 0 aliphatic carbocycles.